The summed E-state index contributed by atoms with van der Waals surface area (Å²) in [6.45, 7) is 2.15. The lowest BCUT2D eigenvalue weighted by molar-refractivity contribution is 0.509. The molecule has 1 aliphatic carbocycles. The molecule has 0 bridgehead atoms. The fourth-order valence-electron chi connectivity index (χ4n) is 2.76. The number of piperidine rings is 1. The maximum absolute atomic E-state index is 4.39. The summed E-state index contributed by atoms with van der Waals surface area (Å²) in [4.78, 5) is 2.39. The SMILES string of the molecule is c1n[nH]cc1C1CCCN(c2nnc(C3CC3)s2)C1. The van der Waals surface area contributed by atoms with Gasteiger partial charge in [-0.25, -0.2) is 0 Å². The lowest BCUT2D eigenvalue weighted by Crippen LogP contribution is -2.34. The zero-order chi connectivity index (χ0) is 12.7. The Morgan fingerprint density at radius 3 is 2.95 bits per heavy atom. The summed E-state index contributed by atoms with van der Waals surface area (Å²) >= 11 is 1.79. The van der Waals surface area contributed by atoms with E-state index in [0.717, 1.165) is 18.2 Å². The van der Waals surface area contributed by atoms with E-state index < -0.39 is 0 Å². The Bertz CT molecular complexity index is 545. The topological polar surface area (TPSA) is 57.7 Å². The second kappa shape index (κ2) is 4.59. The molecule has 3 heterocycles. The molecule has 100 valence electrons. The van der Waals surface area contributed by atoms with Gasteiger partial charge in [0.25, 0.3) is 0 Å². The van der Waals surface area contributed by atoms with Crippen LogP contribution in [0.5, 0.6) is 0 Å². The Balaban J connectivity index is 1.50. The van der Waals surface area contributed by atoms with E-state index in [0.29, 0.717) is 11.8 Å². The van der Waals surface area contributed by atoms with Crippen LogP contribution >= 0.6 is 11.3 Å². The number of aromatic amines is 1. The fraction of sp³-hybridized carbons (Fsp3) is 0.615. The first-order valence-corrected chi connectivity index (χ1v) is 7.79. The Morgan fingerprint density at radius 2 is 2.16 bits per heavy atom. The minimum absolute atomic E-state index is 0.570. The first-order valence-electron chi connectivity index (χ1n) is 6.97. The lowest BCUT2D eigenvalue weighted by Gasteiger charge is -2.31. The summed E-state index contributed by atoms with van der Waals surface area (Å²) in [7, 11) is 0. The minimum atomic E-state index is 0.570. The molecule has 1 N–H and O–H groups in total. The summed E-state index contributed by atoms with van der Waals surface area (Å²) in [5.74, 6) is 1.28. The van der Waals surface area contributed by atoms with Crippen molar-refractivity contribution in [3.8, 4) is 0 Å². The van der Waals surface area contributed by atoms with Crippen LogP contribution in [-0.2, 0) is 0 Å². The first kappa shape index (κ1) is 11.4. The van der Waals surface area contributed by atoms with Crippen LogP contribution < -0.4 is 4.90 Å². The predicted molar refractivity (Wildman–Crippen MR) is 74.7 cm³/mol. The molecule has 0 spiro atoms. The second-order valence-electron chi connectivity index (χ2n) is 5.51. The third kappa shape index (κ3) is 2.25. The number of rotatable bonds is 3. The summed E-state index contributed by atoms with van der Waals surface area (Å²) in [6.07, 6.45) is 9.02. The van der Waals surface area contributed by atoms with Crippen molar-refractivity contribution < 1.29 is 0 Å². The summed E-state index contributed by atoms with van der Waals surface area (Å²) in [6, 6.07) is 0. The summed E-state index contributed by atoms with van der Waals surface area (Å²) in [5.41, 5.74) is 1.32. The van der Waals surface area contributed by atoms with Crippen LogP contribution in [0.15, 0.2) is 12.4 Å². The van der Waals surface area contributed by atoms with Gasteiger partial charge in [0.05, 0.1) is 6.20 Å². The molecule has 1 saturated carbocycles. The van der Waals surface area contributed by atoms with E-state index in [-0.39, 0.29) is 0 Å². The molecule has 2 aliphatic rings. The fourth-order valence-corrected chi connectivity index (χ4v) is 3.80. The number of hydrogen-bond acceptors (Lipinski definition) is 5. The largest absolute Gasteiger partial charge is 0.346 e. The molecule has 19 heavy (non-hydrogen) atoms. The molecular weight excluding hydrogens is 258 g/mol. The zero-order valence-corrected chi connectivity index (χ0v) is 11.6. The minimum Gasteiger partial charge on any atom is -0.346 e. The van der Waals surface area contributed by atoms with Crippen LogP contribution in [0.3, 0.4) is 0 Å². The van der Waals surface area contributed by atoms with E-state index in [2.05, 4.69) is 25.3 Å². The van der Waals surface area contributed by atoms with Crippen LogP contribution in [0.4, 0.5) is 5.13 Å². The van der Waals surface area contributed by atoms with Crippen molar-refractivity contribution in [3.05, 3.63) is 23.0 Å². The highest BCUT2D eigenvalue weighted by Gasteiger charge is 2.29. The lowest BCUT2D eigenvalue weighted by atomic mass is 9.93. The smallest absolute Gasteiger partial charge is 0.208 e. The maximum Gasteiger partial charge on any atom is 0.208 e. The average Bonchev–Trinajstić information content (AvgIpc) is 2.97. The number of aromatic nitrogens is 4. The van der Waals surface area contributed by atoms with Crippen molar-refractivity contribution in [2.45, 2.75) is 37.5 Å². The first-order chi connectivity index (χ1) is 9.40. The van der Waals surface area contributed by atoms with Crippen LogP contribution in [-0.4, -0.2) is 33.5 Å². The molecular formula is C13H17N5S. The standard InChI is InChI=1S/C13H17N5S/c1-2-10(11-6-14-15-7-11)8-18(5-1)13-17-16-12(19-13)9-3-4-9/h6-7,9-10H,1-5,8H2,(H,14,15). The van der Waals surface area contributed by atoms with Crippen molar-refractivity contribution in [2.24, 2.45) is 0 Å². The van der Waals surface area contributed by atoms with Crippen LogP contribution in [0.25, 0.3) is 0 Å². The average molecular weight is 275 g/mol. The van der Waals surface area contributed by atoms with Gasteiger partial charge in [0.2, 0.25) is 5.13 Å². The molecule has 1 aliphatic heterocycles. The van der Waals surface area contributed by atoms with Crippen molar-refractivity contribution in [2.75, 3.05) is 18.0 Å². The van der Waals surface area contributed by atoms with Gasteiger partial charge >= 0.3 is 0 Å². The molecule has 1 saturated heterocycles. The Hall–Kier alpha value is -1.43. The number of nitrogens with one attached hydrogen (secondary N) is 1. The Morgan fingerprint density at radius 1 is 1.21 bits per heavy atom. The Kier molecular flexibility index (Phi) is 2.76. The van der Waals surface area contributed by atoms with Gasteiger partial charge in [-0.1, -0.05) is 11.3 Å². The second-order valence-corrected chi connectivity index (χ2v) is 6.50. The molecule has 0 amide bonds. The van der Waals surface area contributed by atoms with Gasteiger partial charge in [-0.2, -0.15) is 5.10 Å². The van der Waals surface area contributed by atoms with E-state index in [1.165, 1.54) is 36.3 Å². The van der Waals surface area contributed by atoms with Crippen LogP contribution in [0, 0.1) is 0 Å². The maximum atomic E-state index is 4.39. The quantitative estimate of drug-likeness (QED) is 0.935. The number of nitrogens with zero attached hydrogens (tertiary/aromatic N) is 4. The monoisotopic (exact) mass is 275 g/mol. The van der Waals surface area contributed by atoms with E-state index in [9.17, 15) is 0 Å². The Labute approximate surface area is 116 Å². The molecule has 5 nitrogen and oxygen atoms in total. The predicted octanol–water partition coefficient (Wildman–Crippen LogP) is 2.52. The molecule has 6 heteroatoms. The van der Waals surface area contributed by atoms with Crippen LogP contribution in [0.2, 0.25) is 0 Å². The third-order valence-corrected chi connectivity index (χ3v) is 5.19. The molecule has 2 aromatic rings. The van der Waals surface area contributed by atoms with Crippen molar-refractivity contribution in [1.29, 1.82) is 0 Å². The molecule has 1 atom stereocenters. The molecule has 0 radical (unpaired) electrons. The van der Waals surface area contributed by atoms with Gasteiger partial charge in [0.15, 0.2) is 0 Å². The van der Waals surface area contributed by atoms with Gasteiger partial charge < -0.3 is 4.90 Å². The highest BCUT2D eigenvalue weighted by molar-refractivity contribution is 7.15. The molecule has 4 rings (SSSR count). The molecule has 0 aromatic carbocycles. The summed E-state index contributed by atoms with van der Waals surface area (Å²) in [5, 5.41) is 18.1. The number of H-pyrrole nitrogens is 1. The van der Waals surface area contributed by atoms with Gasteiger partial charge in [0.1, 0.15) is 5.01 Å². The van der Waals surface area contributed by atoms with Crippen molar-refractivity contribution >= 4 is 16.5 Å². The van der Waals surface area contributed by atoms with Crippen molar-refractivity contribution in [3.63, 3.8) is 0 Å². The zero-order valence-electron chi connectivity index (χ0n) is 10.7. The van der Waals surface area contributed by atoms with Gasteiger partial charge in [-0.15, -0.1) is 10.2 Å². The highest BCUT2D eigenvalue weighted by Crippen LogP contribution is 2.43. The third-order valence-electron chi connectivity index (χ3n) is 4.04. The van der Waals surface area contributed by atoms with Crippen molar-refractivity contribution in [1.82, 2.24) is 20.4 Å². The van der Waals surface area contributed by atoms with E-state index in [4.69, 9.17) is 0 Å². The normalized spacial score (nSPS) is 23.8. The summed E-state index contributed by atoms with van der Waals surface area (Å²) < 4.78 is 0. The van der Waals surface area contributed by atoms with Gasteiger partial charge in [-0.3, -0.25) is 5.10 Å². The number of anilines is 1. The highest BCUT2D eigenvalue weighted by atomic mass is 32.1. The van der Waals surface area contributed by atoms with Crippen LogP contribution in [0.1, 0.15) is 48.1 Å². The van der Waals surface area contributed by atoms with Gasteiger partial charge in [0, 0.05) is 31.1 Å². The van der Waals surface area contributed by atoms with E-state index >= 15 is 0 Å². The van der Waals surface area contributed by atoms with E-state index in [1.807, 2.05) is 12.4 Å². The van der Waals surface area contributed by atoms with Gasteiger partial charge in [-0.05, 0) is 31.2 Å². The molecule has 2 fully saturated rings. The molecule has 1 unspecified atom stereocenters. The number of hydrogen-bond donors (Lipinski definition) is 1. The molecule has 2 aromatic heterocycles. The van der Waals surface area contributed by atoms with E-state index in [1.54, 1.807) is 11.3 Å².